The van der Waals surface area contributed by atoms with Crippen LogP contribution >= 0.6 is 0 Å². The van der Waals surface area contributed by atoms with Gasteiger partial charge in [-0.1, -0.05) is 80.3 Å². The molecule has 0 radical (unpaired) electrons. The summed E-state index contributed by atoms with van der Waals surface area (Å²) in [6.07, 6.45) is 11.2. The molecule has 0 amide bonds. The van der Waals surface area contributed by atoms with Gasteiger partial charge in [-0.05, 0) is 99.6 Å². The van der Waals surface area contributed by atoms with E-state index in [0.29, 0.717) is 0 Å². The van der Waals surface area contributed by atoms with Crippen molar-refractivity contribution in [1.29, 1.82) is 0 Å². The van der Waals surface area contributed by atoms with Gasteiger partial charge in [0.05, 0.1) is 5.70 Å². The summed E-state index contributed by atoms with van der Waals surface area (Å²) in [5.74, 6) is 1.47. The summed E-state index contributed by atoms with van der Waals surface area (Å²) in [4.78, 5) is 5.54. The fraction of sp³-hybridized carbons (Fsp3) is 0.444. The molecule has 2 aliphatic heterocycles. The van der Waals surface area contributed by atoms with Gasteiger partial charge in [-0.2, -0.15) is 0 Å². The first-order valence-corrected chi connectivity index (χ1v) is 15.1. The molecule has 3 aromatic rings. The van der Waals surface area contributed by atoms with E-state index in [9.17, 15) is 0 Å². The van der Waals surface area contributed by atoms with Crippen LogP contribution in [-0.4, -0.2) is 0 Å². The number of nitrogens with zero attached hydrogens (tertiary/aromatic N) is 2. The number of hydrogen-bond donors (Lipinski definition) is 0. The van der Waals surface area contributed by atoms with E-state index in [1.54, 1.807) is 11.3 Å². The van der Waals surface area contributed by atoms with Crippen molar-refractivity contribution in [2.75, 3.05) is 9.80 Å². The highest BCUT2D eigenvalue weighted by Crippen LogP contribution is 2.67. The lowest BCUT2D eigenvalue weighted by Crippen LogP contribution is -2.42. The van der Waals surface area contributed by atoms with E-state index >= 15 is 0 Å². The lowest BCUT2D eigenvalue weighted by atomic mass is 9.60. The van der Waals surface area contributed by atoms with E-state index in [0.717, 1.165) is 11.8 Å². The average molecular weight is 503 g/mol. The van der Waals surface area contributed by atoms with Crippen LogP contribution in [0.15, 0.2) is 78.1 Å². The van der Waals surface area contributed by atoms with Crippen molar-refractivity contribution in [3.63, 3.8) is 0 Å². The van der Waals surface area contributed by atoms with Gasteiger partial charge in [-0.3, -0.25) is 0 Å². The molecule has 2 fully saturated rings. The molecule has 0 saturated heterocycles. The van der Waals surface area contributed by atoms with Crippen LogP contribution in [0.25, 0.3) is 0 Å². The van der Waals surface area contributed by atoms with Crippen molar-refractivity contribution in [1.82, 2.24) is 0 Å². The number of aryl methyl sites for hydroxylation is 3. The maximum atomic E-state index is 2.82. The Morgan fingerprint density at radius 2 is 1.11 bits per heavy atom. The second-order valence-electron chi connectivity index (χ2n) is 12.5. The number of hydrogen-bond acceptors (Lipinski definition) is 2. The summed E-state index contributed by atoms with van der Waals surface area (Å²) in [7, 11) is 0. The van der Waals surface area contributed by atoms with E-state index in [2.05, 4.69) is 104 Å². The first-order valence-electron chi connectivity index (χ1n) is 15.1. The molecule has 38 heavy (non-hydrogen) atoms. The van der Waals surface area contributed by atoms with Crippen molar-refractivity contribution >= 4 is 11.4 Å². The van der Waals surface area contributed by atoms with Crippen molar-refractivity contribution in [2.24, 2.45) is 11.8 Å². The molecule has 0 spiro atoms. The highest BCUT2D eigenvalue weighted by Gasteiger charge is 2.62. The average Bonchev–Trinajstić information content (AvgIpc) is 3.71. The largest absolute Gasteiger partial charge is 0.318 e. The molecule has 196 valence electrons. The Hall–Kier alpha value is -3.00. The van der Waals surface area contributed by atoms with Crippen LogP contribution in [0.3, 0.4) is 0 Å². The number of para-hydroxylation sites is 2. The molecule has 2 aliphatic carbocycles. The number of allylic oxidation sites excluding steroid dienone is 2. The van der Waals surface area contributed by atoms with Crippen LogP contribution in [0, 0.1) is 32.6 Å². The normalized spacial score (nSPS) is 23.0. The molecule has 2 saturated carbocycles. The smallest absolute Gasteiger partial charge is 0.137 e. The molecule has 0 aromatic heterocycles. The number of fused-ring (bicyclic) bond motifs is 3. The number of rotatable bonds is 4. The first kappa shape index (κ1) is 24.1. The molecule has 0 bridgehead atoms. The summed E-state index contributed by atoms with van der Waals surface area (Å²) < 4.78 is 0. The number of anilines is 2. The zero-order valence-electron chi connectivity index (χ0n) is 23.6. The first-order chi connectivity index (χ1) is 18.5. The Kier molecular flexibility index (Phi) is 5.73. The Morgan fingerprint density at radius 3 is 1.71 bits per heavy atom. The minimum Gasteiger partial charge on any atom is -0.318 e. The fourth-order valence-corrected chi connectivity index (χ4v) is 9.18. The van der Waals surface area contributed by atoms with Crippen LogP contribution in [0.5, 0.6) is 0 Å². The van der Waals surface area contributed by atoms with Gasteiger partial charge >= 0.3 is 0 Å². The van der Waals surface area contributed by atoms with Crippen LogP contribution in [0.1, 0.15) is 92.3 Å². The molecule has 1 atom stereocenters. The monoisotopic (exact) mass is 502 g/mol. The van der Waals surface area contributed by atoms with E-state index in [4.69, 9.17) is 0 Å². The second kappa shape index (κ2) is 9.04. The zero-order valence-corrected chi connectivity index (χ0v) is 23.6. The second-order valence-corrected chi connectivity index (χ2v) is 12.5. The molecular weight excluding hydrogens is 460 g/mol. The van der Waals surface area contributed by atoms with Gasteiger partial charge in [0.2, 0.25) is 0 Å². The molecular formula is C36H42N2. The minimum absolute atomic E-state index is 0.125. The van der Waals surface area contributed by atoms with Gasteiger partial charge in [-0.15, -0.1) is 0 Å². The maximum Gasteiger partial charge on any atom is 0.137 e. The van der Waals surface area contributed by atoms with Gasteiger partial charge in [0.25, 0.3) is 0 Å². The van der Waals surface area contributed by atoms with Gasteiger partial charge in [0.15, 0.2) is 0 Å². The molecule has 2 heteroatoms. The Morgan fingerprint density at radius 1 is 0.579 bits per heavy atom. The Labute approximate surface area is 229 Å². The summed E-state index contributed by atoms with van der Waals surface area (Å²) in [5, 5.41) is 0. The van der Waals surface area contributed by atoms with Gasteiger partial charge in [0, 0.05) is 28.1 Å². The fourth-order valence-electron chi connectivity index (χ4n) is 9.18. The van der Waals surface area contributed by atoms with Crippen molar-refractivity contribution in [3.05, 3.63) is 106 Å². The standard InChI is InChI=1S/C36H42N2/c1-24-14-5-11-22-31(24)37-27(4)34-36(28-17-6-7-18-28,29-19-8-9-20-29)30-21-10-12-23-32(30)38(34)35(37)33-25(2)15-13-16-26(33)3/h5,10-16,21-23,28-29,35H,6-9,17-20H2,1-4H3. The molecule has 3 aromatic carbocycles. The summed E-state index contributed by atoms with van der Waals surface area (Å²) >= 11 is 0. The lowest BCUT2D eigenvalue weighted by molar-refractivity contribution is 0.217. The molecule has 1 unspecified atom stereocenters. The van der Waals surface area contributed by atoms with E-state index in [1.807, 2.05) is 0 Å². The van der Waals surface area contributed by atoms with Crippen molar-refractivity contribution < 1.29 is 0 Å². The van der Waals surface area contributed by atoms with Crippen LogP contribution < -0.4 is 9.80 Å². The van der Waals surface area contributed by atoms with Crippen LogP contribution in [-0.2, 0) is 5.41 Å². The third-order valence-corrected chi connectivity index (χ3v) is 10.6. The van der Waals surface area contributed by atoms with Crippen LogP contribution in [0.2, 0.25) is 0 Å². The predicted octanol–water partition coefficient (Wildman–Crippen LogP) is 9.50. The number of benzene rings is 3. The van der Waals surface area contributed by atoms with E-state index in [1.165, 1.54) is 90.7 Å². The SMILES string of the molecule is CC1=C2N(c3ccccc3C2(C2CCCC2)C2CCCC2)C(c2c(C)cccc2C)N1c1ccccc1C. The molecule has 2 nitrogen and oxygen atoms in total. The molecule has 7 rings (SSSR count). The van der Waals surface area contributed by atoms with Crippen LogP contribution in [0.4, 0.5) is 11.4 Å². The van der Waals surface area contributed by atoms with Gasteiger partial charge in [0.1, 0.15) is 6.17 Å². The predicted molar refractivity (Wildman–Crippen MR) is 160 cm³/mol. The minimum atomic E-state index is 0.125. The Bertz CT molecular complexity index is 1370. The molecule has 4 aliphatic rings. The molecule has 0 N–H and O–H groups in total. The summed E-state index contributed by atoms with van der Waals surface area (Å²) in [6.45, 7) is 9.37. The van der Waals surface area contributed by atoms with E-state index in [-0.39, 0.29) is 11.6 Å². The third-order valence-electron chi connectivity index (χ3n) is 10.6. The summed E-state index contributed by atoms with van der Waals surface area (Å²) in [6, 6.07) is 25.5. The zero-order chi connectivity index (χ0) is 26.0. The van der Waals surface area contributed by atoms with E-state index < -0.39 is 0 Å². The molecule has 2 heterocycles. The maximum absolute atomic E-state index is 2.82. The van der Waals surface area contributed by atoms with Gasteiger partial charge < -0.3 is 9.80 Å². The van der Waals surface area contributed by atoms with Gasteiger partial charge in [-0.25, -0.2) is 0 Å². The highest BCUT2D eigenvalue weighted by molar-refractivity contribution is 5.80. The van der Waals surface area contributed by atoms with Crippen molar-refractivity contribution in [2.45, 2.75) is 90.6 Å². The summed E-state index contributed by atoms with van der Waals surface area (Å²) in [5.41, 5.74) is 13.3. The third kappa shape index (κ3) is 3.19. The highest BCUT2D eigenvalue weighted by atomic mass is 15.4. The lowest BCUT2D eigenvalue weighted by Gasteiger charge is -2.43. The quantitative estimate of drug-likeness (QED) is 0.350. The Balaban J connectivity index is 1.56. The van der Waals surface area contributed by atoms with Crippen molar-refractivity contribution in [3.8, 4) is 0 Å². The topological polar surface area (TPSA) is 6.48 Å².